The van der Waals surface area contributed by atoms with Gasteiger partial charge in [0.15, 0.2) is 0 Å². The molecule has 0 aliphatic carbocycles. The Bertz CT molecular complexity index is 462. The molecular formula is C14H21N3O4. The van der Waals surface area contributed by atoms with Crippen LogP contribution in [-0.4, -0.2) is 36.8 Å². The zero-order chi connectivity index (χ0) is 15.7. The van der Waals surface area contributed by atoms with Gasteiger partial charge in [0.1, 0.15) is 11.8 Å². The van der Waals surface area contributed by atoms with E-state index in [0.29, 0.717) is 30.8 Å². The lowest BCUT2D eigenvalue weighted by Gasteiger charge is -2.15. The number of carboxylic acid groups (broad SMARTS) is 1. The molecule has 7 nitrogen and oxygen atoms in total. The second-order valence-corrected chi connectivity index (χ2v) is 4.50. The van der Waals surface area contributed by atoms with Crippen LogP contribution in [0.1, 0.15) is 19.3 Å². The number of anilines is 1. The van der Waals surface area contributed by atoms with Crippen molar-refractivity contribution in [1.82, 2.24) is 5.32 Å². The first-order chi connectivity index (χ1) is 10.1. The molecule has 1 rings (SSSR count). The standard InChI is InChI=1S/C14H21N3O4/c1-21-11-7-5-10(6-8-11)16-14(20)17-12(13(18)19)4-2-3-9-15/h5-8,12H,2-4,9,15H2,1H3,(H,18,19)(H2,16,17,20)/t12-/m0/s1. The summed E-state index contributed by atoms with van der Waals surface area (Å²) in [4.78, 5) is 22.8. The first kappa shape index (κ1) is 16.8. The van der Waals surface area contributed by atoms with Crippen molar-refractivity contribution >= 4 is 17.7 Å². The predicted molar refractivity (Wildman–Crippen MR) is 79.5 cm³/mol. The lowest BCUT2D eigenvalue weighted by Crippen LogP contribution is -2.43. The van der Waals surface area contributed by atoms with E-state index in [9.17, 15) is 9.59 Å². The van der Waals surface area contributed by atoms with Crippen LogP contribution in [0.2, 0.25) is 0 Å². The van der Waals surface area contributed by atoms with Crippen molar-refractivity contribution in [3.63, 3.8) is 0 Å². The number of methoxy groups -OCH3 is 1. The molecule has 1 aromatic carbocycles. The molecule has 0 spiro atoms. The molecule has 0 aliphatic heterocycles. The number of carbonyl (C=O) groups excluding carboxylic acids is 1. The molecule has 1 aromatic rings. The van der Waals surface area contributed by atoms with Gasteiger partial charge in [0.05, 0.1) is 7.11 Å². The van der Waals surface area contributed by atoms with E-state index in [0.717, 1.165) is 6.42 Å². The molecule has 0 aliphatic rings. The Morgan fingerprint density at radius 3 is 2.48 bits per heavy atom. The number of rotatable bonds is 8. The number of nitrogens with two attached hydrogens (primary N) is 1. The molecule has 0 saturated carbocycles. The molecule has 1 atom stereocenters. The lowest BCUT2D eigenvalue weighted by atomic mass is 10.1. The SMILES string of the molecule is COc1ccc(NC(=O)N[C@@H](CCCCN)C(=O)O)cc1. The second-order valence-electron chi connectivity index (χ2n) is 4.50. The Morgan fingerprint density at radius 1 is 1.29 bits per heavy atom. The number of hydrogen-bond donors (Lipinski definition) is 4. The van der Waals surface area contributed by atoms with Crippen molar-refractivity contribution in [3.8, 4) is 5.75 Å². The number of carboxylic acids is 1. The van der Waals surface area contributed by atoms with Crippen LogP contribution < -0.4 is 21.1 Å². The van der Waals surface area contributed by atoms with E-state index in [2.05, 4.69) is 10.6 Å². The minimum atomic E-state index is -1.06. The van der Waals surface area contributed by atoms with Crippen LogP contribution in [0.4, 0.5) is 10.5 Å². The number of benzene rings is 1. The monoisotopic (exact) mass is 295 g/mol. The van der Waals surface area contributed by atoms with Gasteiger partial charge in [0.25, 0.3) is 0 Å². The molecule has 5 N–H and O–H groups in total. The van der Waals surface area contributed by atoms with Gasteiger partial charge in [-0.15, -0.1) is 0 Å². The minimum Gasteiger partial charge on any atom is -0.497 e. The van der Waals surface area contributed by atoms with Crippen molar-refractivity contribution in [2.24, 2.45) is 5.73 Å². The molecule has 0 unspecified atom stereocenters. The second kappa shape index (κ2) is 8.80. The fourth-order valence-corrected chi connectivity index (χ4v) is 1.75. The van der Waals surface area contributed by atoms with Crippen molar-refractivity contribution in [3.05, 3.63) is 24.3 Å². The van der Waals surface area contributed by atoms with E-state index in [1.54, 1.807) is 31.4 Å². The predicted octanol–water partition coefficient (Wildman–Crippen LogP) is 1.40. The minimum absolute atomic E-state index is 0.350. The van der Waals surface area contributed by atoms with Crippen molar-refractivity contribution in [2.45, 2.75) is 25.3 Å². The molecule has 0 bridgehead atoms. The van der Waals surface area contributed by atoms with Crippen LogP contribution in [0.5, 0.6) is 5.75 Å². The van der Waals surface area contributed by atoms with Gasteiger partial charge in [-0.1, -0.05) is 0 Å². The summed E-state index contributed by atoms with van der Waals surface area (Å²) < 4.78 is 5.01. The number of hydrogen-bond acceptors (Lipinski definition) is 4. The molecule has 116 valence electrons. The summed E-state index contributed by atoms with van der Waals surface area (Å²) in [7, 11) is 1.55. The van der Waals surface area contributed by atoms with E-state index in [1.165, 1.54) is 0 Å². The van der Waals surface area contributed by atoms with E-state index in [-0.39, 0.29) is 0 Å². The van der Waals surface area contributed by atoms with Crippen LogP contribution >= 0.6 is 0 Å². The van der Waals surface area contributed by atoms with E-state index in [1.807, 2.05) is 0 Å². The van der Waals surface area contributed by atoms with Gasteiger partial charge in [-0.3, -0.25) is 0 Å². The highest BCUT2D eigenvalue weighted by atomic mass is 16.5. The normalized spacial score (nSPS) is 11.5. The smallest absolute Gasteiger partial charge is 0.326 e. The topological polar surface area (TPSA) is 114 Å². The van der Waals surface area contributed by atoms with Crippen molar-refractivity contribution in [2.75, 3.05) is 19.0 Å². The van der Waals surface area contributed by atoms with Gasteiger partial charge in [-0.2, -0.15) is 0 Å². The highest BCUT2D eigenvalue weighted by Crippen LogP contribution is 2.14. The average Bonchev–Trinajstić information content (AvgIpc) is 2.47. The number of urea groups is 1. The zero-order valence-corrected chi connectivity index (χ0v) is 12.0. The van der Waals surface area contributed by atoms with Gasteiger partial charge in [-0.05, 0) is 50.1 Å². The summed E-state index contributed by atoms with van der Waals surface area (Å²) >= 11 is 0. The lowest BCUT2D eigenvalue weighted by molar-refractivity contribution is -0.139. The molecule has 0 fully saturated rings. The zero-order valence-electron chi connectivity index (χ0n) is 12.0. The fourth-order valence-electron chi connectivity index (χ4n) is 1.75. The Balaban J connectivity index is 2.50. The molecular weight excluding hydrogens is 274 g/mol. The van der Waals surface area contributed by atoms with Crippen LogP contribution in [0.3, 0.4) is 0 Å². The van der Waals surface area contributed by atoms with Gasteiger partial charge >= 0.3 is 12.0 Å². The molecule has 7 heteroatoms. The fraction of sp³-hybridized carbons (Fsp3) is 0.429. The number of nitrogens with one attached hydrogen (secondary N) is 2. The summed E-state index contributed by atoms with van der Waals surface area (Å²) in [6.07, 6.45) is 1.73. The van der Waals surface area contributed by atoms with E-state index >= 15 is 0 Å². The number of carbonyl (C=O) groups is 2. The Labute approximate surface area is 123 Å². The maximum atomic E-state index is 11.8. The Kier molecular flexibility index (Phi) is 7.03. The van der Waals surface area contributed by atoms with Crippen LogP contribution in [0.25, 0.3) is 0 Å². The molecule has 21 heavy (non-hydrogen) atoms. The number of aliphatic carboxylic acids is 1. The van der Waals surface area contributed by atoms with Gasteiger partial charge < -0.3 is 26.2 Å². The van der Waals surface area contributed by atoms with E-state index < -0.39 is 18.0 Å². The summed E-state index contributed by atoms with van der Waals surface area (Å²) in [5.74, 6) is -0.386. The Hall–Kier alpha value is -2.28. The molecule has 0 heterocycles. The van der Waals surface area contributed by atoms with E-state index in [4.69, 9.17) is 15.6 Å². The first-order valence-corrected chi connectivity index (χ1v) is 6.71. The van der Waals surface area contributed by atoms with Crippen LogP contribution in [0.15, 0.2) is 24.3 Å². The quantitative estimate of drug-likeness (QED) is 0.541. The third-order valence-corrected chi connectivity index (χ3v) is 2.90. The molecule has 0 aromatic heterocycles. The maximum Gasteiger partial charge on any atom is 0.326 e. The van der Waals surface area contributed by atoms with Crippen molar-refractivity contribution in [1.29, 1.82) is 0 Å². The number of amides is 2. The van der Waals surface area contributed by atoms with Gasteiger partial charge in [-0.25, -0.2) is 9.59 Å². The third-order valence-electron chi connectivity index (χ3n) is 2.90. The van der Waals surface area contributed by atoms with Crippen LogP contribution in [0, 0.1) is 0 Å². The molecule has 2 amide bonds. The van der Waals surface area contributed by atoms with Crippen LogP contribution in [-0.2, 0) is 4.79 Å². The van der Waals surface area contributed by atoms with Gasteiger partial charge in [0, 0.05) is 5.69 Å². The summed E-state index contributed by atoms with van der Waals surface area (Å²) in [5.41, 5.74) is 5.92. The maximum absolute atomic E-state index is 11.8. The highest BCUT2D eigenvalue weighted by Gasteiger charge is 2.19. The third kappa shape index (κ3) is 6.13. The largest absolute Gasteiger partial charge is 0.497 e. The first-order valence-electron chi connectivity index (χ1n) is 6.71. The molecule has 0 saturated heterocycles. The summed E-state index contributed by atoms with van der Waals surface area (Å²) in [6.45, 7) is 0.504. The van der Waals surface area contributed by atoms with Gasteiger partial charge in [0.2, 0.25) is 0 Å². The molecule has 0 radical (unpaired) electrons. The van der Waals surface area contributed by atoms with Crippen molar-refractivity contribution < 1.29 is 19.4 Å². The Morgan fingerprint density at radius 2 is 1.95 bits per heavy atom. The average molecular weight is 295 g/mol. The number of ether oxygens (including phenoxy) is 1. The summed E-state index contributed by atoms with van der Waals surface area (Å²) in [5, 5.41) is 14.1. The number of unbranched alkanes of at least 4 members (excludes halogenated alkanes) is 1. The highest BCUT2D eigenvalue weighted by molar-refractivity contribution is 5.92. The summed E-state index contributed by atoms with van der Waals surface area (Å²) in [6, 6.07) is 5.26.